The van der Waals surface area contributed by atoms with Crippen molar-refractivity contribution in [3.63, 3.8) is 0 Å². The standard InChI is InChI=1S/C29H38N8O3/c1-28(2,3)40-24(38)18-35-11-13-36(14-12-35)21-7-8-23(30-17-21)33-27-31-16-20-15-22-26(39)32-19-29(9-5-4-6-10-29)37(22)25(20)34-27/h7-8,15-17H,4-6,9-14,18-19H2,1-3H3,(H,32,39)(H,30,31,33,34). The first-order chi connectivity index (χ1) is 19.2. The maximum atomic E-state index is 12.7. The molecular weight excluding hydrogens is 508 g/mol. The summed E-state index contributed by atoms with van der Waals surface area (Å²) < 4.78 is 7.63. The molecule has 0 radical (unpaired) electrons. The van der Waals surface area contributed by atoms with Gasteiger partial charge in [0, 0.05) is 44.3 Å². The summed E-state index contributed by atoms with van der Waals surface area (Å²) in [6.45, 7) is 9.82. The highest BCUT2D eigenvalue weighted by Gasteiger charge is 2.41. The average Bonchev–Trinajstić information content (AvgIpc) is 3.32. The number of esters is 1. The van der Waals surface area contributed by atoms with E-state index in [1.807, 2.05) is 45.2 Å². The van der Waals surface area contributed by atoms with Crippen LogP contribution < -0.4 is 15.5 Å². The molecule has 2 fully saturated rings. The van der Waals surface area contributed by atoms with Gasteiger partial charge in [-0.05, 0) is 51.8 Å². The first-order valence-corrected chi connectivity index (χ1v) is 14.3. The Hall–Kier alpha value is -3.73. The van der Waals surface area contributed by atoms with E-state index >= 15 is 0 Å². The van der Waals surface area contributed by atoms with Crippen LogP contribution in [0.4, 0.5) is 17.5 Å². The van der Waals surface area contributed by atoms with Gasteiger partial charge in [-0.15, -0.1) is 0 Å². The van der Waals surface area contributed by atoms with E-state index in [-0.39, 0.29) is 17.4 Å². The van der Waals surface area contributed by atoms with Crippen molar-refractivity contribution in [3.8, 4) is 0 Å². The fourth-order valence-corrected chi connectivity index (χ4v) is 6.20. The third kappa shape index (κ3) is 5.34. The predicted molar refractivity (Wildman–Crippen MR) is 153 cm³/mol. The monoisotopic (exact) mass is 546 g/mol. The minimum Gasteiger partial charge on any atom is -0.459 e. The summed E-state index contributed by atoms with van der Waals surface area (Å²) in [4.78, 5) is 43.2. The molecule has 1 aliphatic carbocycles. The van der Waals surface area contributed by atoms with E-state index in [1.165, 1.54) is 6.42 Å². The molecule has 1 amide bonds. The minimum absolute atomic E-state index is 0.0494. The molecule has 0 bridgehead atoms. The summed E-state index contributed by atoms with van der Waals surface area (Å²) in [5, 5.41) is 7.22. The first kappa shape index (κ1) is 26.5. The number of carbonyl (C=O) groups excluding carboxylic acids is 2. The lowest BCUT2D eigenvalue weighted by Crippen LogP contribution is -2.52. The molecule has 11 nitrogen and oxygen atoms in total. The zero-order valence-corrected chi connectivity index (χ0v) is 23.6. The van der Waals surface area contributed by atoms with Gasteiger partial charge in [0.1, 0.15) is 22.8 Å². The molecule has 1 saturated heterocycles. The lowest BCUT2D eigenvalue weighted by Gasteiger charge is -2.42. The maximum Gasteiger partial charge on any atom is 0.320 e. The molecule has 0 aromatic carbocycles. The molecular formula is C29H38N8O3. The molecule has 1 spiro atoms. The summed E-state index contributed by atoms with van der Waals surface area (Å²) in [5.41, 5.74) is 1.91. The number of nitrogens with one attached hydrogen (secondary N) is 2. The van der Waals surface area contributed by atoms with Crippen LogP contribution in [0.5, 0.6) is 0 Å². The van der Waals surface area contributed by atoms with Crippen LogP contribution in [0.3, 0.4) is 0 Å². The predicted octanol–water partition coefficient (Wildman–Crippen LogP) is 3.44. The number of aromatic nitrogens is 4. The number of fused-ring (bicyclic) bond motifs is 4. The van der Waals surface area contributed by atoms with Crippen molar-refractivity contribution in [2.24, 2.45) is 0 Å². The third-order valence-electron chi connectivity index (χ3n) is 8.11. The molecule has 11 heteroatoms. The normalized spacial score (nSPS) is 19.4. The highest BCUT2D eigenvalue weighted by Crippen LogP contribution is 2.40. The quantitative estimate of drug-likeness (QED) is 0.464. The van der Waals surface area contributed by atoms with E-state index in [2.05, 4.69) is 35.0 Å². The molecule has 5 heterocycles. The number of carbonyl (C=O) groups is 2. The van der Waals surface area contributed by atoms with Crippen LogP contribution >= 0.6 is 0 Å². The van der Waals surface area contributed by atoms with Crippen LogP contribution in [0.15, 0.2) is 30.6 Å². The molecule has 3 aromatic heterocycles. The molecule has 6 rings (SSSR count). The van der Waals surface area contributed by atoms with E-state index < -0.39 is 5.60 Å². The Kier molecular flexibility index (Phi) is 6.85. The van der Waals surface area contributed by atoms with Crippen molar-refractivity contribution in [1.82, 2.24) is 29.7 Å². The van der Waals surface area contributed by atoms with Gasteiger partial charge in [0.15, 0.2) is 0 Å². The van der Waals surface area contributed by atoms with Crippen LogP contribution in [0.25, 0.3) is 11.0 Å². The molecule has 40 heavy (non-hydrogen) atoms. The number of nitrogens with zero attached hydrogens (tertiary/aromatic N) is 6. The maximum absolute atomic E-state index is 12.7. The van der Waals surface area contributed by atoms with Crippen LogP contribution in [-0.4, -0.2) is 81.2 Å². The fourth-order valence-electron chi connectivity index (χ4n) is 6.20. The molecule has 2 aliphatic heterocycles. The number of anilines is 3. The largest absolute Gasteiger partial charge is 0.459 e. The van der Waals surface area contributed by atoms with Gasteiger partial charge in [-0.3, -0.25) is 14.5 Å². The van der Waals surface area contributed by atoms with Crippen molar-refractivity contribution < 1.29 is 14.3 Å². The van der Waals surface area contributed by atoms with Crippen molar-refractivity contribution in [2.75, 3.05) is 49.5 Å². The number of ether oxygens (including phenoxy) is 1. The van der Waals surface area contributed by atoms with Crippen LogP contribution in [0.2, 0.25) is 0 Å². The summed E-state index contributed by atoms with van der Waals surface area (Å²) >= 11 is 0. The number of pyridine rings is 1. The third-order valence-corrected chi connectivity index (χ3v) is 8.11. The van der Waals surface area contributed by atoms with Gasteiger partial charge in [-0.2, -0.15) is 4.98 Å². The summed E-state index contributed by atoms with van der Waals surface area (Å²) in [6.07, 6.45) is 9.25. The number of hydrogen-bond donors (Lipinski definition) is 2. The van der Waals surface area contributed by atoms with E-state index in [9.17, 15) is 9.59 Å². The smallest absolute Gasteiger partial charge is 0.320 e. The molecule has 0 atom stereocenters. The molecule has 0 unspecified atom stereocenters. The Morgan fingerprint density at radius 1 is 1.07 bits per heavy atom. The summed E-state index contributed by atoms with van der Waals surface area (Å²) in [5.74, 6) is 0.881. The molecule has 3 aliphatic rings. The molecule has 2 N–H and O–H groups in total. The van der Waals surface area contributed by atoms with Crippen molar-refractivity contribution in [2.45, 2.75) is 64.0 Å². The number of rotatable bonds is 5. The van der Waals surface area contributed by atoms with Crippen LogP contribution in [-0.2, 0) is 15.1 Å². The lowest BCUT2D eigenvalue weighted by atomic mass is 9.80. The first-order valence-electron chi connectivity index (χ1n) is 14.3. The second-order valence-corrected chi connectivity index (χ2v) is 12.2. The van der Waals surface area contributed by atoms with E-state index in [4.69, 9.17) is 9.72 Å². The number of amides is 1. The lowest BCUT2D eigenvalue weighted by molar-refractivity contribution is -0.156. The van der Waals surface area contributed by atoms with Gasteiger partial charge in [-0.1, -0.05) is 19.3 Å². The van der Waals surface area contributed by atoms with E-state index in [0.29, 0.717) is 30.5 Å². The van der Waals surface area contributed by atoms with Gasteiger partial charge in [0.05, 0.1) is 24.0 Å². The number of hydrogen-bond acceptors (Lipinski definition) is 9. The Labute approximate surface area is 234 Å². The molecule has 1 saturated carbocycles. The Morgan fingerprint density at radius 2 is 1.85 bits per heavy atom. The summed E-state index contributed by atoms with van der Waals surface area (Å²) in [7, 11) is 0. The van der Waals surface area contributed by atoms with Gasteiger partial charge < -0.3 is 24.8 Å². The van der Waals surface area contributed by atoms with Gasteiger partial charge in [0.25, 0.3) is 5.91 Å². The zero-order chi connectivity index (χ0) is 27.9. The van der Waals surface area contributed by atoms with Crippen LogP contribution in [0, 0.1) is 0 Å². The molecule has 3 aromatic rings. The topological polar surface area (TPSA) is 118 Å². The Bertz CT molecular complexity index is 1400. The fraction of sp³-hybridized carbons (Fsp3) is 0.552. The van der Waals surface area contributed by atoms with E-state index in [1.54, 1.807) is 6.20 Å². The average molecular weight is 547 g/mol. The Morgan fingerprint density at radius 3 is 2.55 bits per heavy atom. The zero-order valence-electron chi connectivity index (χ0n) is 23.6. The summed E-state index contributed by atoms with van der Waals surface area (Å²) in [6, 6.07) is 5.88. The minimum atomic E-state index is -0.466. The van der Waals surface area contributed by atoms with Gasteiger partial charge in [0.2, 0.25) is 5.95 Å². The van der Waals surface area contributed by atoms with Crippen molar-refractivity contribution >= 4 is 40.4 Å². The second kappa shape index (κ2) is 10.3. The van der Waals surface area contributed by atoms with Crippen molar-refractivity contribution in [3.05, 3.63) is 36.3 Å². The van der Waals surface area contributed by atoms with Crippen LogP contribution in [0.1, 0.15) is 63.4 Å². The van der Waals surface area contributed by atoms with Gasteiger partial charge in [-0.25, -0.2) is 9.97 Å². The second-order valence-electron chi connectivity index (χ2n) is 12.2. The SMILES string of the molecule is CC(C)(C)OC(=O)CN1CCN(c2ccc(Nc3ncc4cc5n(c4n3)C3(CCCCC3)CNC5=O)nc2)CC1. The van der Waals surface area contributed by atoms with Crippen molar-refractivity contribution in [1.29, 1.82) is 0 Å². The number of piperazine rings is 1. The van der Waals surface area contributed by atoms with Gasteiger partial charge >= 0.3 is 5.97 Å². The molecule has 212 valence electrons. The highest BCUT2D eigenvalue weighted by atomic mass is 16.6. The van der Waals surface area contributed by atoms with E-state index in [0.717, 1.165) is 68.6 Å². The highest BCUT2D eigenvalue weighted by molar-refractivity contribution is 5.99. The Balaban J connectivity index is 1.12.